The van der Waals surface area contributed by atoms with Crippen LogP contribution in [-0.2, 0) is 13.0 Å². The van der Waals surface area contributed by atoms with Crippen molar-refractivity contribution >= 4 is 5.91 Å². The van der Waals surface area contributed by atoms with E-state index in [9.17, 15) is 4.79 Å². The van der Waals surface area contributed by atoms with Gasteiger partial charge in [-0.05, 0) is 81.6 Å². The molecule has 0 spiro atoms. The highest BCUT2D eigenvalue weighted by Gasteiger charge is 2.12. The van der Waals surface area contributed by atoms with Crippen molar-refractivity contribution in [2.45, 2.75) is 66.1 Å². The van der Waals surface area contributed by atoms with E-state index >= 15 is 0 Å². The first-order chi connectivity index (χ1) is 18.8. The number of carbonyl (C=O) groups excluding carboxylic acids is 1. The van der Waals surface area contributed by atoms with Crippen molar-refractivity contribution in [2.75, 3.05) is 26.7 Å². The van der Waals surface area contributed by atoms with E-state index in [2.05, 4.69) is 111 Å². The van der Waals surface area contributed by atoms with Crippen LogP contribution in [0.15, 0.2) is 97.9 Å². The fraction of sp³-hybridized carbons (Fsp3) is 0.412. The van der Waals surface area contributed by atoms with Crippen molar-refractivity contribution in [3.8, 4) is 0 Å². The summed E-state index contributed by atoms with van der Waals surface area (Å²) in [5, 5.41) is 3.46. The van der Waals surface area contributed by atoms with Crippen molar-refractivity contribution < 1.29 is 4.79 Å². The van der Waals surface area contributed by atoms with Gasteiger partial charge < -0.3 is 10.2 Å². The SMILES string of the molecule is C=C.CC(C)NC[C@@H](C)N(C)Cc1ccncc1.CCN(CC)C(=O)c1ccc(CC2=CCC=CC=C2)cc1. The molecule has 1 aromatic carbocycles. The first-order valence-corrected chi connectivity index (χ1v) is 14.1. The largest absolute Gasteiger partial charge is 0.339 e. The first kappa shape index (κ1) is 33.7. The Hall–Kier alpha value is -3.28. The van der Waals surface area contributed by atoms with Gasteiger partial charge in [0.15, 0.2) is 0 Å². The van der Waals surface area contributed by atoms with Gasteiger partial charge in [0, 0.05) is 56.2 Å². The van der Waals surface area contributed by atoms with Gasteiger partial charge in [-0.2, -0.15) is 0 Å². The molecule has 0 aliphatic heterocycles. The second kappa shape index (κ2) is 19.7. The number of nitrogens with one attached hydrogen (secondary N) is 1. The maximum Gasteiger partial charge on any atom is 0.253 e. The third kappa shape index (κ3) is 13.4. The molecule has 0 fully saturated rings. The Balaban J connectivity index is 0.000000379. The van der Waals surface area contributed by atoms with Crippen molar-refractivity contribution in [1.82, 2.24) is 20.1 Å². The number of pyridine rings is 1. The van der Waals surface area contributed by atoms with E-state index in [1.807, 2.05) is 43.3 Å². The number of likely N-dealkylation sites (N-methyl/N-ethyl adjacent to an activating group) is 1. The summed E-state index contributed by atoms with van der Waals surface area (Å²) in [6.07, 6.45) is 16.3. The number of aromatic nitrogens is 1. The van der Waals surface area contributed by atoms with Crippen molar-refractivity contribution in [3.05, 3.63) is 115 Å². The summed E-state index contributed by atoms with van der Waals surface area (Å²) in [5.74, 6) is 0.115. The second-order valence-electron chi connectivity index (χ2n) is 9.84. The molecule has 0 radical (unpaired) electrons. The van der Waals surface area contributed by atoms with E-state index in [4.69, 9.17) is 0 Å². The van der Waals surface area contributed by atoms with Gasteiger partial charge in [0.25, 0.3) is 5.91 Å². The number of carbonyl (C=O) groups is 1. The molecule has 39 heavy (non-hydrogen) atoms. The fourth-order valence-electron chi connectivity index (χ4n) is 3.94. The number of allylic oxidation sites excluding steroid dienone is 6. The molecule has 1 heterocycles. The lowest BCUT2D eigenvalue weighted by molar-refractivity contribution is 0.0773. The Morgan fingerprint density at radius 2 is 1.62 bits per heavy atom. The van der Waals surface area contributed by atoms with E-state index in [1.54, 1.807) is 0 Å². The maximum absolute atomic E-state index is 12.2. The molecule has 1 aromatic heterocycles. The van der Waals surface area contributed by atoms with Crippen LogP contribution in [0.3, 0.4) is 0 Å². The van der Waals surface area contributed by atoms with Gasteiger partial charge in [-0.25, -0.2) is 0 Å². The van der Waals surface area contributed by atoms with Crippen LogP contribution >= 0.6 is 0 Å². The Morgan fingerprint density at radius 1 is 0.974 bits per heavy atom. The summed E-state index contributed by atoms with van der Waals surface area (Å²) in [6.45, 7) is 20.1. The van der Waals surface area contributed by atoms with Crippen LogP contribution in [0.5, 0.6) is 0 Å². The van der Waals surface area contributed by atoms with E-state index in [1.165, 1.54) is 16.7 Å². The van der Waals surface area contributed by atoms with Crippen LogP contribution in [0.1, 0.15) is 62.5 Å². The molecule has 0 saturated heterocycles. The highest BCUT2D eigenvalue weighted by molar-refractivity contribution is 5.94. The van der Waals surface area contributed by atoms with Crippen LogP contribution < -0.4 is 5.32 Å². The summed E-state index contributed by atoms with van der Waals surface area (Å²) in [5.41, 5.74) is 4.65. The number of hydrogen-bond acceptors (Lipinski definition) is 4. The Labute approximate surface area is 238 Å². The molecular formula is C34H50N4O. The lowest BCUT2D eigenvalue weighted by Gasteiger charge is -2.25. The molecular weight excluding hydrogens is 480 g/mol. The molecule has 0 saturated carbocycles. The van der Waals surface area contributed by atoms with E-state index in [0.29, 0.717) is 12.1 Å². The molecule has 5 heteroatoms. The molecule has 212 valence electrons. The zero-order valence-electron chi connectivity index (χ0n) is 25.1. The van der Waals surface area contributed by atoms with Crippen LogP contribution in [-0.4, -0.2) is 59.5 Å². The summed E-state index contributed by atoms with van der Waals surface area (Å²) in [7, 11) is 2.16. The van der Waals surface area contributed by atoms with Gasteiger partial charge in [-0.15, -0.1) is 13.2 Å². The van der Waals surface area contributed by atoms with Gasteiger partial charge in [0.2, 0.25) is 0 Å². The smallest absolute Gasteiger partial charge is 0.253 e. The first-order valence-electron chi connectivity index (χ1n) is 14.1. The number of nitrogens with zero attached hydrogens (tertiary/aromatic N) is 3. The third-order valence-corrected chi connectivity index (χ3v) is 6.49. The monoisotopic (exact) mass is 530 g/mol. The van der Waals surface area contributed by atoms with E-state index in [0.717, 1.165) is 44.6 Å². The molecule has 5 nitrogen and oxygen atoms in total. The number of benzene rings is 1. The average molecular weight is 531 g/mol. The Kier molecular flexibility index (Phi) is 17.1. The molecule has 1 aliphatic carbocycles. The molecule has 1 atom stereocenters. The zero-order chi connectivity index (χ0) is 29.0. The topological polar surface area (TPSA) is 48.5 Å². The van der Waals surface area contributed by atoms with E-state index in [-0.39, 0.29) is 5.91 Å². The molecule has 0 bridgehead atoms. The van der Waals surface area contributed by atoms with Crippen LogP contribution in [0.25, 0.3) is 0 Å². The minimum atomic E-state index is 0.115. The highest BCUT2D eigenvalue weighted by atomic mass is 16.2. The molecule has 3 rings (SSSR count). The van der Waals surface area contributed by atoms with Crippen LogP contribution in [0.4, 0.5) is 0 Å². The quantitative estimate of drug-likeness (QED) is 0.323. The van der Waals surface area contributed by atoms with Crippen LogP contribution in [0, 0.1) is 0 Å². The Bertz CT molecular complexity index is 1020. The zero-order valence-corrected chi connectivity index (χ0v) is 25.1. The summed E-state index contributed by atoms with van der Waals surface area (Å²) in [4.78, 5) is 20.5. The lowest BCUT2D eigenvalue weighted by Crippen LogP contribution is -2.39. The summed E-state index contributed by atoms with van der Waals surface area (Å²) in [6, 6.07) is 13.2. The predicted octanol–water partition coefficient (Wildman–Crippen LogP) is 6.86. The second-order valence-corrected chi connectivity index (χ2v) is 9.84. The fourth-order valence-corrected chi connectivity index (χ4v) is 3.94. The third-order valence-electron chi connectivity index (χ3n) is 6.49. The van der Waals surface area contributed by atoms with Crippen molar-refractivity contribution in [2.24, 2.45) is 0 Å². The predicted molar refractivity (Wildman–Crippen MR) is 168 cm³/mol. The van der Waals surface area contributed by atoms with Gasteiger partial charge in [-0.3, -0.25) is 14.7 Å². The number of amides is 1. The molecule has 2 aromatic rings. The molecule has 1 amide bonds. The van der Waals surface area contributed by atoms with Crippen molar-refractivity contribution in [1.29, 1.82) is 0 Å². The number of rotatable bonds is 11. The maximum atomic E-state index is 12.2. The Morgan fingerprint density at radius 3 is 2.21 bits per heavy atom. The van der Waals surface area contributed by atoms with E-state index < -0.39 is 0 Å². The molecule has 0 unspecified atom stereocenters. The molecule has 1 N–H and O–H groups in total. The summed E-state index contributed by atoms with van der Waals surface area (Å²) >= 11 is 0. The highest BCUT2D eigenvalue weighted by Crippen LogP contribution is 2.15. The standard InChI is InChI=1S/C19H23NO.C13H23N3.C2H4/c1-3-20(4-2)19(21)18-13-11-17(12-14-18)15-16-9-7-5-6-8-10-16;1-11(2)15-9-12(3)16(4)10-13-5-7-14-8-6-13;1-2/h5-7,9-14H,3-4,8,15H2,1-2H3;5-8,11-12,15H,9-10H2,1-4H3;1-2H2/t;12-;/m.1./s1. The van der Waals surface area contributed by atoms with Gasteiger partial charge >= 0.3 is 0 Å². The van der Waals surface area contributed by atoms with Gasteiger partial charge in [-0.1, -0.05) is 56.4 Å². The van der Waals surface area contributed by atoms with Crippen molar-refractivity contribution in [3.63, 3.8) is 0 Å². The van der Waals surface area contributed by atoms with Crippen LogP contribution in [0.2, 0.25) is 0 Å². The normalized spacial score (nSPS) is 13.0. The summed E-state index contributed by atoms with van der Waals surface area (Å²) < 4.78 is 0. The minimum absolute atomic E-state index is 0.115. The average Bonchev–Trinajstić information content (AvgIpc) is 3.23. The minimum Gasteiger partial charge on any atom is -0.339 e. The van der Waals surface area contributed by atoms with Gasteiger partial charge in [0.1, 0.15) is 0 Å². The lowest BCUT2D eigenvalue weighted by atomic mass is 10.0. The van der Waals surface area contributed by atoms with Gasteiger partial charge in [0.05, 0.1) is 0 Å². The number of hydrogen-bond donors (Lipinski definition) is 1. The molecule has 1 aliphatic rings.